The van der Waals surface area contributed by atoms with Gasteiger partial charge in [0.1, 0.15) is 0 Å². The number of anilines is 1. The molecule has 0 bridgehead atoms. The van der Waals surface area contributed by atoms with E-state index >= 15 is 0 Å². The maximum absolute atomic E-state index is 12.0. The highest BCUT2D eigenvalue weighted by molar-refractivity contribution is 6.30. The predicted octanol–water partition coefficient (Wildman–Crippen LogP) is 4.09. The Kier molecular flexibility index (Phi) is 6.18. The third kappa shape index (κ3) is 5.42. The molecule has 0 unspecified atom stereocenters. The number of hydrogen-bond acceptors (Lipinski definition) is 3. The predicted molar refractivity (Wildman–Crippen MR) is 90.8 cm³/mol. The van der Waals surface area contributed by atoms with Crippen molar-refractivity contribution in [2.24, 2.45) is 0 Å². The Morgan fingerprint density at radius 1 is 1.04 bits per heavy atom. The first-order chi connectivity index (χ1) is 11.1. The molecule has 120 valence electrons. The second-order valence-corrected chi connectivity index (χ2v) is 5.50. The lowest BCUT2D eigenvalue weighted by molar-refractivity contribution is -0.115. The highest BCUT2D eigenvalue weighted by Crippen LogP contribution is 2.13. The van der Waals surface area contributed by atoms with Crippen molar-refractivity contribution in [2.45, 2.75) is 19.8 Å². The first-order valence-electron chi connectivity index (χ1n) is 7.40. The van der Waals surface area contributed by atoms with Crippen LogP contribution in [-0.2, 0) is 16.0 Å². The Morgan fingerprint density at radius 2 is 1.70 bits per heavy atom. The van der Waals surface area contributed by atoms with E-state index in [0.29, 0.717) is 22.9 Å². The van der Waals surface area contributed by atoms with E-state index in [1.54, 1.807) is 36.4 Å². The molecule has 0 radical (unpaired) electrons. The summed E-state index contributed by atoms with van der Waals surface area (Å²) in [5.74, 6) is -0.487. The smallest absolute Gasteiger partial charge is 0.338 e. The van der Waals surface area contributed by atoms with Gasteiger partial charge in [-0.1, -0.05) is 30.7 Å². The quantitative estimate of drug-likeness (QED) is 0.811. The van der Waals surface area contributed by atoms with Gasteiger partial charge in [0, 0.05) is 10.7 Å². The maximum Gasteiger partial charge on any atom is 0.338 e. The number of carbonyl (C=O) groups excluding carboxylic acids is 2. The van der Waals surface area contributed by atoms with Crippen LogP contribution in [0.4, 0.5) is 5.69 Å². The maximum atomic E-state index is 12.0. The van der Waals surface area contributed by atoms with Crippen molar-refractivity contribution in [2.75, 3.05) is 11.9 Å². The minimum absolute atomic E-state index is 0.131. The van der Waals surface area contributed by atoms with Crippen molar-refractivity contribution < 1.29 is 14.3 Å². The van der Waals surface area contributed by atoms with Crippen molar-refractivity contribution in [1.29, 1.82) is 0 Å². The van der Waals surface area contributed by atoms with Gasteiger partial charge in [0.2, 0.25) is 5.91 Å². The van der Waals surface area contributed by atoms with Crippen molar-refractivity contribution in [3.8, 4) is 0 Å². The summed E-state index contributed by atoms with van der Waals surface area (Å²) in [4.78, 5) is 23.7. The molecule has 0 aliphatic heterocycles. The third-order valence-electron chi connectivity index (χ3n) is 3.12. The van der Waals surface area contributed by atoms with E-state index in [1.165, 1.54) is 0 Å². The van der Waals surface area contributed by atoms with E-state index in [9.17, 15) is 9.59 Å². The molecule has 2 aromatic carbocycles. The normalized spacial score (nSPS) is 10.2. The summed E-state index contributed by atoms with van der Waals surface area (Å²) in [5, 5.41) is 3.43. The fourth-order valence-electron chi connectivity index (χ4n) is 1.96. The van der Waals surface area contributed by atoms with Crippen LogP contribution in [0.1, 0.15) is 29.3 Å². The van der Waals surface area contributed by atoms with Gasteiger partial charge in [0.15, 0.2) is 0 Å². The lowest BCUT2D eigenvalue weighted by Gasteiger charge is -2.07. The van der Waals surface area contributed by atoms with E-state index in [-0.39, 0.29) is 18.3 Å². The minimum Gasteiger partial charge on any atom is -0.462 e. The van der Waals surface area contributed by atoms with Gasteiger partial charge in [-0.15, -0.1) is 0 Å². The fraction of sp³-hybridized carbons (Fsp3) is 0.222. The van der Waals surface area contributed by atoms with Crippen molar-refractivity contribution in [3.63, 3.8) is 0 Å². The summed E-state index contributed by atoms with van der Waals surface area (Å²) in [6, 6.07) is 13.8. The Bertz CT molecular complexity index is 666. The summed E-state index contributed by atoms with van der Waals surface area (Å²) in [5.41, 5.74) is 1.98. The number of carbonyl (C=O) groups is 2. The third-order valence-corrected chi connectivity index (χ3v) is 3.37. The lowest BCUT2D eigenvalue weighted by Crippen LogP contribution is -2.14. The van der Waals surface area contributed by atoms with Gasteiger partial charge in [0.25, 0.3) is 0 Å². The molecule has 0 fully saturated rings. The van der Waals surface area contributed by atoms with Gasteiger partial charge in [-0.3, -0.25) is 4.79 Å². The second kappa shape index (κ2) is 8.34. The zero-order valence-electron chi connectivity index (χ0n) is 12.8. The van der Waals surface area contributed by atoms with Crippen LogP contribution in [0.3, 0.4) is 0 Å². The van der Waals surface area contributed by atoms with Crippen LogP contribution in [0.15, 0.2) is 48.5 Å². The van der Waals surface area contributed by atoms with Gasteiger partial charge in [0.05, 0.1) is 18.6 Å². The Morgan fingerprint density at radius 3 is 2.30 bits per heavy atom. The molecule has 0 aliphatic carbocycles. The topological polar surface area (TPSA) is 55.4 Å². The Hall–Kier alpha value is -2.33. The second-order valence-electron chi connectivity index (χ2n) is 5.06. The van der Waals surface area contributed by atoms with Gasteiger partial charge < -0.3 is 10.1 Å². The number of hydrogen-bond donors (Lipinski definition) is 1. The molecule has 4 nitrogen and oxygen atoms in total. The monoisotopic (exact) mass is 331 g/mol. The first-order valence-corrected chi connectivity index (χ1v) is 7.77. The molecule has 0 aromatic heterocycles. The average Bonchev–Trinajstić information content (AvgIpc) is 2.55. The summed E-state index contributed by atoms with van der Waals surface area (Å²) in [6.07, 6.45) is 1.04. The molecule has 1 amide bonds. The zero-order chi connectivity index (χ0) is 16.7. The average molecular weight is 332 g/mol. The first kappa shape index (κ1) is 17.0. The van der Waals surface area contributed by atoms with Crippen molar-refractivity contribution in [1.82, 2.24) is 0 Å². The fourth-order valence-corrected chi connectivity index (χ4v) is 2.09. The molecule has 0 saturated carbocycles. The highest BCUT2D eigenvalue weighted by atomic mass is 35.5. The van der Waals surface area contributed by atoms with Crippen LogP contribution in [0.2, 0.25) is 5.02 Å². The number of rotatable bonds is 6. The van der Waals surface area contributed by atoms with Crippen LogP contribution in [0.5, 0.6) is 0 Å². The molecule has 2 rings (SSSR count). The molecule has 5 heteroatoms. The standard InChI is InChI=1S/C18H18ClNO3/c1-2-11-23-18(22)14-5-9-16(10-6-14)20-17(21)12-13-3-7-15(19)8-4-13/h3-10H,2,11-12H2,1H3,(H,20,21). The van der Waals surface area contributed by atoms with Crippen LogP contribution in [0, 0.1) is 0 Å². The number of amides is 1. The zero-order valence-corrected chi connectivity index (χ0v) is 13.6. The van der Waals surface area contributed by atoms with Crippen molar-refractivity contribution in [3.05, 3.63) is 64.7 Å². The number of ether oxygens (including phenoxy) is 1. The van der Waals surface area contributed by atoms with Crippen LogP contribution < -0.4 is 5.32 Å². The van der Waals surface area contributed by atoms with E-state index < -0.39 is 0 Å². The number of esters is 1. The van der Waals surface area contributed by atoms with E-state index in [1.807, 2.05) is 19.1 Å². The number of nitrogens with one attached hydrogen (secondary N) is 1. The van der Waals surface area contributed by atoms with E-state index in [4.69, 9.17) is 16.3 Å². The molecule has 0 heterocycles. The van der Waals surface area contributed by atoms with Crippen LogP contribution >= 0.6 is 11.6 Å². The summed E-state index contributed by atoms with van der Waals surface area (Å²) >= 11 is 5.81. The minimum atomic E-state index is -0.356. The van der Waals surface area contributed by atoms with Gasteiger partial charge in [-0.05, 0) is 48.4 Å². The summed E-state index contributed by atoms with van der Waals surface area (Å²) in [7, 11) is 0. The molecular formula is C18H18ClNO3. The lowest BCUT2D eigenvalue weighted by atomic mass is 10.1. The Balaban J connectivity index is 1.91. The molecule has 1 N–H and O–H groups in total. The van der Waals surface area contributed by atoms with Gasteiger partial charge in [-0.25, -0.2) is 4.79 Å². The van der Waals surface area contributed by atoms with Gasteiger partial charge >= 0.3 is 5.97 Å². The largest absolute Gasteiger partial charge is 0.462 e. The molecule has 23 heavy (non-hydrogen) atoms. The van der Waals surface area contributed by atoms with Crippen LogP contribution in [0.25, 0.3) is 0 Å². The molecule has 2 aromatic rings. The van der Waals surface area contributed by atoms with Crippen LogP contribution in [-0.4, -0.2) is 18.5 Å². The molecule has 0 spiro atoms. The summed E-state index contributed by atoms with van der Waals surface area (Å²) < 4.78 is 5.05. The molecule has 0 atom stereocenters. The summed E-state index contributed by atoms with van der Waals surface area (Å²) in [6.45, 7) is 2.34. The van der Waals surface area contributed by atoms with Crippen molar-refractivity contribution >= 4 is 29.2 Å². The molecular weight excluding hydrogens is 314 g/mol. The van der Waals surface area contributed by atoms with E-state index in [2.05, 4.69) is 5.32 Å². The van der Waals surface area contributed by atoms with Gasteiger partial charge in [-0.2, -0.15) is 0 Å². The number of benzene rings is 2. The SMILES string of the molecule is CCCOC(=O)c1ccc(NC(=O)Cc2ccc(Cl)cc2)cc1. The highest BCUT2D eigenvalue weighted by Gasteiger charge is 2.08. The molecule has 0 saturated heterocycles. The number of halogens is 1. The Labute approximate surface area is 140 Å². The molecule has 0 aliphatic rings. The van der Waals surface area contributed by atoms with E-state index in [0.717, 1.165) is 12.0 Å².